The summed E-state index contributed by atoms with van der Waals surface area (Å²) in [4.78, 5) is 12.9. The molecule has 0 bridgehead atoms. The first-order valence-corrected chi connectivity index (χ1v) is 8.19. The highest BCUT2D eigenvalue weighted by Gasteiger charge is 2.36. The second-order valence-corrected chi connectivity index (χ2v) is 6.64. The standard InChI is InChI=1S/C15H18Cl2N2OS/c16-11-7-5-6-10(12(11)17)13(20)19-15(14(18)21)8-3-1-2-4-9-15/h5-7H,1-4,8-9H2,(H2,18,21)(H,19,20). The van der Waals surface area contributed by atoms with Gasteiger partial charge in [0.1, 0.15) is 0 Å². The minimum absolute atomic E-state index is 0.253. The van der Waals surface area contributed by atoms with E-state index in [2.05, 4.69) is 5.32 Å². The molecule has 1 aliphatic carbocycles. The molecule has 0 radical (unpaired) electrons. The smallest absolute Gasteiger partial charge is 0.253 e. The second-order valence-electron chi connectivity index (χ2n) is 5.42. The molecule has 114 valence electrons. The number of carbonyl (C=O) groups excluding carboxylic acids is 1. The highest BCUT2D eigenvalue weighted by molar-refractivity contribution is 7.80. The molecule has 0 spiro atoms. The maximum Gasteiger partial charge on any atom is 0.253 e. The summed E-state index contributed by atoms with van der Waals surface area (Å²) < 4.78 is 0. The van der Waals surface area contributed by atoms with E-state index in [1.54, 1.807) is 18.2 Å². The third-order valence-electron chi connectivity index (χ3n) is 3.98. The van der Waals surface area contributed by atoms with Gasteiger partial charge in [0, 0.05) is 0 Å². The minimum Gasteiger partial charge on any atom is -0.391 e. The summed E-state index contributed by atoms with van der Waals surface area (Å²) in [7, 11) is 0. The predicted octanol–water partition coefficient (Wildman–Crippen LogP) is 4.10. The molecule has 1 aromatic rings. The molecule has 6 heteroatoms. The van der Waals surface area contributed by atoms with E-state index >= 15 is 0 Å². The molecule has 1 aromatic carbocycles. The fourth-order valence-electron chi connectivity index (χ4n) is 2.73. The Labute approximate surface area is 140 Å². The van der Waals surface area contributed by atoms with Crippen LogP contribution in [0.4, 0.5) is 0 Å². The SMILES string of the molecule is NC(=S)C1(NC(=O)c2cccc(Cl)c2Cl)CCCCCC1. The lowest BCUT2D eigenvalue weighted by molar-refractivity contribution is 0.0917. The molecular weight excluding hydrogens is 327 g/mol. The quantitative estimate of drug-likeness (QED) is 0.640. The zero-order valence-corrected chi connectivity index (χ0v) is 14.0. The third kappa shape index (κ3) is 3.68. The van der Waals surface area contributed by atoms with Crippen molar-refractivity contribution in [3.8, 4) is 0 Å². The van der Waals surface area contributed by atoms with Crippen molar-refractivity contribution in [1.82, 2.24) is 5.32 Å². The molecule has 0 aromatic heterocycles. The lowest BCUT2D eigenvalue weighted by atomic mass is 9.89. The molecule has 1 saturated carbocycles. The van der Waals surface area contributed by atoms with Gasteiger partial charge < -0.3 is 11.1 Å². The first-order chi connectivity index (χ1) is 9.96. The number of nitrogens with two attached hydrogens (primary N) is 1. The summed E-state index contributed by atoms with van der Waals surface area (Å²) in [5, 5.41) is 3.62. The van der Waals surface area contributed by atoms with Crippen molar-refractivity contribution in [3.05, 3.63) is 33.8 Å². The zero-order valence-electron chi connectivity index (χ0n) is 11.6. The lowest BCUT2D eigenvalue weighted by Gasteiger charge is -2.33. The van der Waals surface area contributed by atoms with Crippen molar-refractivity contribution < 1.29 is 4.79 Å². The van der Waals surface area contributed by atoms with Gasteiger partial charge in [0.25, 0.3) is 5.91 Å². The highest BCUT2D eigenvalue weighted by atomic mass is 35.5. The summed E-state index contributed by atoms with van der Waals surface area (Å²) in [6.45, 7) is 0. The number of hydrogen-bond donors (Lipinski definition) is 2. The predicted molar refractivity (Wildman–Crippen MR) is 91.1 cm³/mol. The van der Waals surface area contributed by atoms with E-state index in [1.165, 1.54) is 0 Å². The molecule has 0 heterocycles. The zero-order chi connectivity index (χ0) is 15.5. The molecular formula is C15H18Cl2N2OS. The van der Waals surface area contributed by atoms with Gasteiger partial charge in [-0.25, -0.2) is 0 Å². The van der Waals surface area contributed by atoms with Gasteiger partial charge in [-0.15, -0.1) is 0 Å². The van der Waals surface area contributed by atoms with Crippen LogP contribution in [-0.2, 0) is 0 Å². The highest BCUT2D eigenvalue weighted by Crippen LogP contribution is 2.30. The van der Waals surface area contributed by atoms with Gasteiger partial charge in [-0.3, -0.25) is 4.79 Å². The Morgan fingerprint density at radius 3 is 2.38 bits per heavy atom. The maximum atomic E-state index is 12.5. The fraction of sp³-hybridized carbons (Fsp3) is 0.467. The number of halogens is 2. The largest absolute Gasteiger partial charge is 0.391 e. The van der Waals surface area contributed by atoms with Crippen LogP contribution in [0.2, 0.25) is 10.0 Å². The Balaban J connectivity index is 2.26. The molecule has 0 unspecified atom stereocenters. The van der Waals surface area contributed by atoms with E-state index in [9.17, 15) is 4.79 Å². The van der Waals surface area contributed by atoms with Gasteiger partial charge in [0.15, 0.2) is 0 Å². The van der Waals surface area contributed by atoms with E-state index in [0.29, 0.717) is 15.6 Å². The molecule has 3 N–H and O–H groups in total. The number of rotatable bonds is 3. The van der Waals surface area contributed by atoms with E-state index in [1.807, 2.05) is 0 Å². The second kappa shape index (κ2) is 6.95. The van der Waals surface area contributed by atoms with Crippen molar-refractivity contribution in [3.63, 3.8) is 0 Å². The Hall–Kier alpha value is -0.840. The average Bonchev–Trinajstić information content (AvgIpc) is 2.68. The van der Waals surface area contributed by atoms with Crippen LogP contribution < -0.4 is 11.1 Å². The van der Waals surface area contributed by atoms with Crippen molar-refractivity contribution >= 4 is 46.3 Å². The number of carbonyl (C=O) groups is 1. The van der Waals surface area contributed by atoms with E-state index in [4.69, 9.17) is 41.2 Å². The normalized spacial score (nSPS) is 17.8. The van der Waals surface area contributed by atoms with Gasteiger partial charge in [0.05, 0.1) is 26.1 Å². The Kier molecular flexibility index (Phi) is 5.47. The minimum atomic E-state index is -0.617. The molecule has 1 aliphatic rings. The number of hydrogen-bond acceptors (Lipinski definition) is 2. The number of benzene rings is 1. The third-order valence-corrected chi connectivity index (χ3v) is 5.19. The Morgan fingerprint density at radius 2 is 1.81 bits per heavy atom. The molecule has 0 saturated heterocycles. The van der Waals surface area contributed by atoms with Crippen LogP contribution in [0, 0.1) is 0 Å². The van der Waals surface area contributed by atoms with E-state index in [-0.39, 0.29) is 10.9 Å². The summed E-state index contributed by atoms with van der Waals surface area (Å²) in [6.07, 6.45) is 5.82. The first kappa shape index (κ1) is 16.5. The summed E-state index contributed by atoms with van der Waals surface area (Å²) in [5.41, 5.74) is 5.66. The number of thiocarbonyl (C=S) groups is 1. The van der Waals surface area contributed by atoms with Crippen LogP contribution in [0.5, 0.6) is 0 Å². The van der Waals surface area contributed by atoms with Gasteiger partial charge in [-0.1, -0.05) is 67.2 Å². The molecule has 1 amide bonds. The van der Waals surface area contributed by atoms with Crippen LogP contribution in [0.15, 0.2) is 18.2 Å². The van der Waals surface area contributed by atoms with Crippen molar-refractivity contribution in [2.75, 3.05) is 0 Å². The van der Waals surface area contributed by atoms with Crippen molar-refractivity contribution in [2.45, 2.75) is 44.1 Å². The molecule has 0 aliphatic heterocycles. The van der Waals surface area contributed by atoms with E-state index in [0.717, 1.165) is 38.5 Å². The first-order valence-electron chi connectivity index (χ1n) is 7.03. The summed E-state index contributed by atoms with van der Waals surface area (Å²) in [5.74, 6) is -0.280. The number of amides is 1. The molecule has 21 heavy (non-hydrogen) atoms. The van der Waals surface area contributed by atoms with Gasteiger partial charge in [0.2, 0.25) is 0 Å². The van der Waals surface area contributed by atoms with Crippen molar-refractivity contribution in [1.29, 1.82) is 0 Å². The lowest BCUT2D eigenvalue weighted by Crippen LogP contribution is -2.56. The topological polar surface area (TPSA) is 55.1 Å². The molecule has 2 rings (SSSR count). The number of nitrogens with one attached hydrogen (secondary N) is 1. The van der Waals surface area contributed by atoms with Gasteiger partial charge >= 0.3 is 0 Å². The van der Waals surface area contributed by atoms with E-state index < -0.39 is 5.54 Å². The Morgan fingerprint density at radius 1 is 1.19 bits per heavy atom. The van der Waals surface area contributed by atoms with Crippen LogP contribution in [-0.4, -0.2) is 16.4 Å². The van der Waals surface area contributed by atoms with Crippen LogP contribution in [0.3, 0.4) is 0 Å². The van der Waals surface area contributed by atoms with Gasteiger partial charge in [-0.2, -0.15) is 0 Å². The van der Waals surface area contributed by atoms with Crippen LogP contribution in [0.1, 0.15) is 48.9 Å². The van der Waals surface area contributed by atoms with Crippen molar-refractivity contribution in [2.24, 2.45) is 5.73 Å². The average molecular weight is 345 g/mol. The summed E-state index contributed by atoms with van der Waals surface area (Å²) in [6, 6.07) is 4.99. The Bertz CT molecular complexity index is 555. The van der Waals surface area contributed by atoms with Crippen LogP contribution in [0.25, 0.3) is 0 Å². The summed E-state index contributed by atoms with van der Waals surface area (Å²) >= 11 is 17.3. The van der Waals surface area contributed by atoms with Gasteiger partial charge in [-0.05, 0) is 25.0 Å². The monoisotopic (exact) mass is 344 g/mol. The van der Waals surface area contributed by atoms with Crippen LogP contribution >= 0.6 is 35.4 Å². The maximum absolute atomic E-state index is 12.5. The molecule has 1 fully saturated rings. The fourth-order valence-corrected chi connectivity index (χ4v) is 3.37. The molecule has 3 nitrogen and oxygen atoms in total. The molecule has 0 atom stereocenters.